The highest BCUT2D eigenvalue weighted by Crippen LogP contribution is 2.14. The topological polar surface area (TPSA) is 90.3 Å². The molecule has 0 spiro atoms. The smallest absolute Gasteiger partial charge is 0.188 e. The number of aliphatic imine (C=N–C) groups is 1. The molecule has 0 aliphatic carbocycles. The summed E-state index contributed by atoms with van der Waals surface area (Å²) < 4.78 is 6.82. The molecule has 0 bridgehead atoms. The molecule has 1 aromatic carbocycles. The number of nitrogens with one attached hydrogen (secondary N) is 1. The highest BCUT2D eigenvalue weighted by atomic mass is 16.5. The molecule has 0 atom stereocenters. The quantitative estimate of drug-likeness (QED) is 0.613. The minimum atomic E-state index is 0.401. The molecule has 2 rings (SSSR count). The lowest BCUT2D eigenvalue weighted by molar-refractivity contribution is 0.414. The number of nitrogens with zero attached hydrogens (tertiary/aromatic N) is 4. The number of guanidine groups is 1. The first-order chi connectivity index (χ1) is 10.2. The van der Waals surface area contributed by atoms with Crippen molar-refractivity contribution in [2.24, 2.45) is 10.7 Å². The molecule has 0 saturated heterocycles. The van der Waals surface area contributed by atoms with Gasteiger partial charge in [0.2, 0.25) is 0 Å². The zero-order valence-corrected chi connectivity index (χ0v) is 12.3. The Hall–Kier alpha value is -2.57. The Morgan fingerprint density at radius 2 is 2.14 bits per heavy atom. The summed E-state index contributed by atoms with van der Waals surface area (Å²) in [5, 5.41) is 11.2. The van der Waals surface area contributed by atoms with Gasteiger partial charge in [-0.15, -0.1) is 5.10 Å². The van der Waals surface area contributed by atoms with Crippen molar-refractivity contribution in [1.29, 1.82) is 0 Å². The molecule has 7 nitrogen and oxygen atoms in total. The maximum Gasteiger partial charge on any atom is 0.188 e. The fourth-order valence-electron chi connectivity index (χ4n) is 1.71. The van der Waals surface area contributed by atoms with Crippen molar-refractivity contribution in [3.63, 3.8) is 0 Å². The summed E-state index contributed by atoms with van der Waals surface area (Å²) >= 11 is 0. The average Bonchev–Trinajstić information content (AvgIpc) is 3.00. The van der Waals surface area contributed by atoms with Gasteiger partial charge in [-0.05, 0) is 30.7 Å². The Morgan fingerprint density at radius 1 is 1.38 bits per heavy atom. The van der Waals surface area contributed by atoms with Crippen molar-refractivity contribution in [1.82, 2.24) is 20.3 Å². The van der Waals surface area contributed by atoms with E-state index >= 15 is 0 Å². The van der Waals surface area contributed by atoms with Crippen LogP contribution in [0.15, 0.2) is 35.5 Å². The number of nitrogens with two attached hydrogens (primary N) is 1. The second-order valence-corrected chi connectivity index (χ2v) is 4.48. The third-order valence-electron chi connectivity index (χ3n) is 2.85. The zero-order chi connectivity index (χ0) is 15.1. The van der Waals surface area contributed by atoms with Gasteiger partial charge in [0.1, 0.15) is 11.4 Å². The maximum absolute atomic E-state index is 5.73. The van der Waals surface area contributed by atoms with E-state index < -0.39 is 0 Å². The molecule has 3 N–H and O–H groups in total. The van der Waals surface area contributed by atoms with Crippen LogP contribution in [0.3, 0.4) is 0 Å². The molecule has 0 aliphatic rings. The predicted octanol–water partition coefficient (Wildman–Crippen LogP) is 1.09. The van der Waals surface area contributed by atoms with Crippen molar-refractivity contribution >= 4 is 5.96 Å². The monoisotopic (exact) mass is 288 g/mol. The summed E-state index contributed by atoms with van der Waals surface area (Å²) in [6, 6.07) is 7.58. The third kappa shape index (κ3) is 4.20. The van der Waals surface area contributed by atoms with Gasteiger partial charge in [-0.2, -0.15) is 0 Å². The molecule has 1 aromatic heterocycles. The average molecular weight is 288 g/mol. The van der Waals surface area contributed by atoms with E-state index in [4.69, 9.17) is 10.5 Å². The molecule has 0 saturated carbocycles. The fraction of sp³-hybridized carbons (Fsp3) is 0.357. The molecule has 7 heteroatoms. The lowest BCUT2D eigenvalue weighted by Gasteiger charge is -2.02. The highest BCUT2D eigenvalue weighted by Gasteiger charge is 2.03. The Morgan fingerprint density at radius 3 is 2.81 bits per heavy atom. The summed E-state index contributed by atoms with van der Waals surface area (Å²) in [6.07, 6.45) is 2.84. The first-order valence-electron chi connectivity index (χ1n) is 6.82. The van der Waals surface area contributed by atoms with Crippen LogP contribution in [0, 0.1) is 0 Å². The van der Waals surface area contributed by atoms with E-state index in [0.29, 0.717) is 12.5 Å². The Kier molecular flexibility index (Phi) is 5.14. The van der Waals surface area contributed by atoms with E-state index in [1.54, 1.807) is 11.8 Å². The second kappa shape index (κ2) is 7.28. The number of hydrogen-bond donors (Lipinski definition) is 2. The molecular weight excluding hydrogens is 268 g/mol. The van der Waals surface area contributed by atoms with Crippen LogP contribution >= 0.6 is 0 Å². The molecule has 21 heavy (non-hydrogen) atoms. The standard InChI is InChI=1S/C14H20N6O/c1-3-8-16-14(15)17-9-11-10-20(19-18-11)12-4-6-13(21-2)7-5-12/h4-7,10H,3,8-9H2,1-2H3,(H3,15,16,17). The minimum absolute atomic E-state index is 0.401. The lowest BCUT2D eigenvalue weighted by atomic mass is 10.3. The van der Waals surface area contributed by atoms with E-state index in [1.165, 1.54) is 0 Å². The van der Waals surface area contributed by atoms with Crippen LogP contribution in [-0.2, 0) is 6.54 Å². The molecule has 112 valence electrons. The fourth-order valence-corrected chi connectivity index (χ4v) is 1.71. The summed E-state index contributed by atoms with van der Waals surface area (Å²) in [7, 11) is 1.64. The Labute approximate surface area is 123 Å². The van der Waals surface area contributed by atoms with Gasteiger partial charge < -0.3 is 15.8 Å². The van der Waals surface area contributed by atoms with Crippen LogP contribution in [0.5, 0.6) is 5.75 Å². The largest absolute Gasteiger partial charge is 0.497 e. The minimum Gasteiger partial charge on any atom is -0.497 e. The van der Waals surface area contributed by atoms with E-state index in [2.05, 4.69) is 27.5 Å². The number of aromatic nitrogens is 3. The summed E-state index contributed by atoms with van der Waals surface area (Å²) in [4.78, 5) is 4.21. The van der Waals surface area contributed by atoms with Crippen LogP contribution in [-0.4, -0.2) is 34.6 Å². The first-order valence-corrected chi connectivity index (χ1v) is 6.82. The van der Waals surface area contributed by atoms with Crippen molar-refractivity contribution in [3.05, 3.63) is 36.2 Å². The molecule has 0 unspecified atom stereocenters. The highest BCUT2D eigenvalue weighted by molar-refractivity contribution is 5.77. The zero-order valence-electron chi connectivity index (χ0n) is 12.3. The van der Waals surface area contributed by atoms with E-state index in [1.807, 2.05) is 30.5 Å². The Bertz CT molecular complexity index is 590. The number of ether oxygens (including phenoxy) is 1. The first kappa shape index (κ1) is 14.8. The SMILES string of the molecule is CCCNC(N)=NCc1cn(-c2ccc(OC)cc2)nn1. The van der Waals surface area contributed by atoms with Crippen molar-refractivity contribution in [2.75, 3.05) is 13.7 Å². The van der Waals surface area contributed by atoms with Crippen LogP contribution in [0.25, 0.3) is 5.69 Å². The second-order valence-electron chi connectivity index (χ2n) is 4.48. The van der Waals surface area contributed by atoms with Gasteiger partial charge >= 0.3 is 0 Å². The van der Waals surface area contributed by atoms with Gasteiger partial charge in [0.15, 0.2) is 5.96 Å². The van der Waals surface area contributed by atoms with Crippen molar-refractivity contribution in [3.8, 4) is 11.4 Å². The number of hydrogen-bond acceptors (Lipinski definition) is 4. The van der Waals surface area contributed by atoms with Crippen molar-refractivity contribution < 1.29 is 4.74 Å². The van der Waals surface area contributed by atoms with Crippen LogP contribution in [0.2, 0.25) is 0 Å². The Balaban J connectivity index is 2.00. The van der Waals surface area contributed by atoms with E-state index in [0.717, 1.165) is 30.1 Å². The van der Waals surface area contributed by atoms with Crippen LogP contribution < -0.4 is 15.8 Å². The molecule has 1 heterocycles. The number of rotatable bonds is 6. The molecule has 0 fully saturated rings. The molecule has 2 aromatic rings. The molecule has 0 amide bonds. The van der Waals surface area contributed by atoms with Crippen LogP contribution in [0.1, 0.15) is 19.0 Å². The predicted molar refractivity (Wildman–Crippen MR) is 81.5 cm³/mol. The van der Waals surface area contributed by atoms with Gasteiger partial charge in [-0.3, -0.25) is 0 Å². The normalized spacial score (nSPS) is 11.4. The molecule has 0 aliphatic heterocycles. The summed E-state index contributed by atoms with van der Waals surface area (Å²) in [5.74, 6) is 1.23. The van der Waals surface area contributed by atoms with Gasteiger partial charge in [-0.25, -0.2) is 9.67 Å². The van der Waals surface area contributed by atoms with Gasteiger partial charge in [0, 0.05) is 6.54 Å². The number of benzene rings is 1. The third-order valence-corrected chi connectivity index (χ3v) is 2.85. The summed E-state index contributed by atoms with van der Waals surface area (Å²) in [5.41, 5.74) is 7.40. The lowest BCUT2D eigenvalue weighted by Crippen LogP contribution is -2.32. The van der Waals surface area contributed by atoms with Crippen LogP contribution in [0.4, 0.5) is 0 Å². The van der Waals surface area contributed by atoms with Crippen molar-refractivity contribution in [2.45, 2.75) is 19.9 Å². The maximum atomic E-state index is 5.73. The number of methoxy groups -OCH3 is 1. The molecule has 0 radical (unpaired) electrons. The van der Waals surface area contributed by atoms with Gasteiger partial charge in [0.25, 0.3) is 0 Å². The van der Waals surface area contributed by atoms with Gasteiger partial charge in [-0.1, -0.05) is 12.1 Å². The molecular formula is C14H20N6O. The summed E-state index contributed by atoms with van der Waals surface area (Å²) in [6.45, 7) is 3.29. The van der Waals surface area contributed by atoms with E-state index in [-0.39, 0.29) is 0 Å². The van der Waals surface area contributed by atoms with Gasteiger partial charge in [0.05, 0.1) is 25.5 Å². The van der Waals surface area contributed by atoms with E-state index in [9.17, 15) is 0 Å².